The Morgan fingerprint density at radius 1 is 1.16 bits per heavy atom. The third-order valence-electron chi connectivity index (χ3n) is 7.00. The Hall–Kier alpha value is -5.00. The molecule has 1 saturated carbocycles. The molecule has 4 aromatic rings. The van der Waals surface area contributed by atoms with E-state index in [0.29, 0.717) is 48.6 Å². The lowest BCUT2D eigenvalue weighted by atomic mass is 9.99. The molecule has 0 amide bonds. The number of pyridine rings is 1. The number of anilines is 1. The van der Waals surface area contributed by atoms with Crippen molar-refractivity contribution >= 4 is 29.7 Å². The monoisotopic (exact) mass is 587 g/mol. The molecule has 1 fully saturated rings. The van der Waals surface area contributed by atoms with Gasteiger partial charge in [0.05, 0.1) is 18.7 Å². The van der Waals surface area contributed by atoms with Gasteiger partial charge >= 0.3 is 5.97 Å². The number of hydrogen-bond acceptors (Lipinski definition) is 9. The molecule has 12 nitrogen and oxygen atoms in total. The summed E-state index contributed by atoms with van der Waals surface area (Å²) in [7, 11) is 0. The summed E-state index contributed by atoms with van der Waals surface area (Å²) in [6, 6.07) is 9.77. The minimum Gasteiger partial charge on any atom is -0.483 e. The van der Waals surface area contributed by atoms with Crippen molar-refractivity contribution in [3.05, 3.63) is 82.1 Å². The lowest BCUT2D eigenvalue weighted by Gasteiger charge is -2.15. The van der Waals surface area contributed by atoms with Gasteiger partial charge in [0.15, 0.2) is 0 Å². The number of nitrogens with zero attached hydrogens (tertiary/aromatic N) is 4. The van der Waals surface area contributed by atoms with E-state index in [1.54, 1.807) is 13.0 Å². The maximum Gasteiger partial charge on any atom is 0.306 e. The average molecular weight is 588 g/mol. The highest BCUT2D eigenvalue weighted by molar-refractivity contribution is 5.95. The Balaban J connectivity index is 0.00000135. The molecule has 1 aliphatic rings. The van der Waals surface area contributed by atoms with E-state index in [-0.39, 0.29) is 31.3 Å². The van der Waals surface area contributed by atoms with E-state index in [4.69, 9.17) is 30.5 Å². The van der Waals surface area contributed by atoms with E-state index in [2.05, 4.69) is 32.5 Å². The minimum atomic E-state index is -0.293. The number of carbonyl (C=O) groups is 2. The predicted molar refractivity (Wildman–Crippen MR) is 161 cm³/mol. The molecule has 0 spiro atoms. The van der Waals surface area contributed by atoms with Crippen LogP contribution >= 0.6 is 0 Å². The largest absolute Gasteiger partial charge is 0.483 e. The normalized spacial score (nSPS) is 12.3. The second kappa shape index (κ2) is 14.3. The zero-order chi connectivity index (χ0) is 30.9. The van der Waals surface area contributed by atoms with Gasteiger partial charge in [-0.1, -0.05) is 6.07 Å². The number of benzene rings is 1. The Morgan fingerprint density at radius 2 is 1.88 bits per heavy atom. The SMILES string of the molecule is CCOC(=O)CCc1nc(NCc2c(C)cc(C(=N)N)cc2C)cc(OCc2cn3cc(C4CC4)ccc3n2)n1.O=CO. The van der Waals surface area contributed by atoms with Crippen molar-refractivity contribution in [2.24, 2.45) is 5.73 Å². The lowest BCUT2D eigenvalue weighted by Crippen LogP contribution is -2.14. The molecule has 226 valence electrons. The van der Waals surface area contributed by atoms with Gasteiger partial charge in [-0.2, -0.15) is 4.98 Å². The zero-order valence-electron chi connectivity index (χ0n) is 24.6. The van der Waals surface area contributed by atoms with Gasteiger partial charge in [0.2, 0.25) is 5.88 Å². The van der Waals surface area contributed by atoms with Gasteiger partial charge in [-0.3, -0.25) is 15.0 Å². The second-order valence-electron chi connectivity index (χ2n) is 10.3. The summed E-state index contributed by atoms with van der Waals surface area (Å²) in [6.07, 6.45) is 7.14. The number of fused-ring (bicyclic) bond motifs is 1. The fourth-order valence-electron chi connectivity index (χ4n) is 4.74. The standard InChI is InChI=1S/C30H35N7O3.CH2O2/c1-4-39-29(38)10-8-25-35-26(33-14-24-18(2)11-22(30(31)32)12-19(24)3)13-28(36-25)40-17-23-16-37-15-21(20-5-6-20)7-9-27(37)34-23;2-1-3/h7,9,11-13,15-16,20H,4-6,8,10,14,17H2,1-3H3,(H3,31,32)(H,33,35,36);1H,(H,2,3). The fraction of sp³-hybridized carbons (Fsp3) is 0.355. The Bertz CT molecular complexity index is 1590. The van der Waals surface area contributed by atoms with Crippen molar-refractivity contribution in [1.82, 2.24) is 19.4 Å². The van der Waals surface area contributed by atoms with Crippen LogP contribution in [0.3, 0.4) is 0 Å². The highest BCUT2D eigenvalue weighted by Gasteiger charge is 2.23. The first kappa shape index (κ1) is 30.9. The number of aryl methyl sites for hydroxylation is 3. The Morgan fingerprint density at radius 3 is 2.53 bits per heavy atom. The molecule has 0 bridgehead atoms. The highest BCUT2D eigenvalue weighted by atomic mass is 16.5. The molecule has 5 N–H and O–H groups in total. The number of rotatable bonds is 12. The second-order valence-corrected chi connectivity index (χ2v) is 10.3. The topological polar surface area (TPSA) is 178 Å². The van der Waals surface area contributed by atoms with Crippen molar-refractivity contribution in [1.29, 1.82) is 5.41 Å². The molecule has 12 heteroatoms. The van der Waals surface area contributed by atoms with Crippen LogP contribution in [0.2, 0.25) is 0 Å². The third-order valence-corrected chi connectivity index (χ3v) is 7.00. The number of amidine groups is 1. The average Bonchev–Trinajstić information content (AvgIpc) is 3.74. The molecule has 3 aromatic heterocycles. The first-order valence-electron chi connectivity index (χ1n) is 14.1. The maximum absolute atomic E-state index is 12.0. The molecule has 0 atom stereocenters. The van der Waals surface area contributed by atoms with E-state index in [1.807, 2.05) is 42.6 Å². The molecule has 43 heavy (non-hydrogen) atoms. The quantitative estimate of drug-likeness (QED) is 0.0809. The van der Waals surface area contributed by atoms with Crippen LogP contribution in [-0.2, 0) is 33.9 Å². The van der Waals surface area contributed by atoms with Crippen molar-refractivity contribution in [2.75, 3.05) is 11.9 Å². The number of esters is 1. The van der Waals surface area contributed by atoms with Gasteiger partial charge in [0.25, 0.3) is 6.47 Å². The van der Waals surface area contributed by atoms with Crippen LogP contribution in [0.15, 0.2) is 42.7 Å². The van der Waals surface area contributed by atoms with Gasteiger partial charge in [-0.05, 0) is 80.0 Å². The molecule has 5 rings (SSSR count). The molecule has 0 radical (unpaired) electrons. The number of carbonyl (C=O) groups excluding carboxylic acids is 1. The van der Waals surface area contributed by atoms with Gasteiger partial charge in [-0.25, -0.2) is 9.97 Å². The number of carboxylic acid groups (broad SMARTS) is 1. The number of nitrogens with one attached hydrogen (secondary N) is 2. The van der Waals surface area contributed by atoms with Gasteiger partial charge in [0, 0.05) is 37.0 Å². The highest BCUT2D eigenvalue weighted by Crippen LogP contribution is 2.39. The Labute approximate surface area is 249 Å². The molecule has 0 saturated heterocycles. The van der Waals surface area contributed by atoms with E-state index in [9.17, 15) is 4.79 Å². The van der Waals surface area contributed by atoms with Crippen LogP contribution in [0.1, 0.15) is 71.4 Å². The van der Waals surface area contributed by atoms with Crippen LogP contribution in [0.4, 0.5) is 5.82 Å². The van der Waals surface area contributed by atoms with E-state index < -0.39 is 0 Å². The molecular formula is C31H37N7O5. The number of aromatic nitrogens is 4. The van der Waals surface area contributed by atoms with Crippen LogP contribution < -0.4 is 15.8 Å². The molecule has 0 unspecified atom stereocenters. The number of imidazole rings is 1. The first-order chi connectivity index (χ1) is 20.7. The molecule has 1 aromatic carbocycles. The summed E-state index contributed by atoms with van der Waals surface area (Å²) in [5.74, 6) is 1.89. The summed E-state index contributed by atoms with van der Waals surface area (Å²) in [4.78, 5) is 34.2. The summed E-state index contributed by atoms with van der Waals surface area (Å²) in [5.41, 5.74) is 12.6. The first-order valence-corrected chi connectivity index (χ1v) is 14.1. The zero-order valence-corrected chi connectivity index (χ0v) is 24.6. The summed E-state index contributed by atoms with van der Waals surface area (Å²) < 4.78 is 13.2. The van der Waals surface area contributed by atoms with Crippen LogP contribution in [0.25, 0.3) is 5.65 Å². The summed E-state index contributed by atoms with van der Waals surface area (Å²) in [5, 5.41) is 18.0. The van der Waals surface area contributed by atoms with Crippen molar-refractivity contribution in [3.63, 3.8) is 0 Å². The summed E-state index contributed by atoms with van der Waals surface area (Å²) >= 11 is 0. The van der Waals surface area contributed by atoms with Crippen molar-refractivity contribution in [2.45, 2.75) is 65.5 Å². The predicted octanol–water partition coefficient (Wildman–Crippen LogP) is 4.29. The number of nitrogens with two attached hydrogens (primary N) is 1. The number of hydrogen-bond donors (Lipinski definition) is 4. The van der Waals surface area contributed by atoms with E-state index >= 15 is 0 Å². The molecule has 3 heterocycles. The fourth-order valence-corrected chi connectivity index (χ4v) is 4.74. The lowest BCUT2D eigenvalue weighted by molar-refractivity contribution is -0.143. The molecular weight excluding hydrogens is 550 g/mol. The van der Waals surface area contributed by atoms with Gasteiger partial charge in [-0.15, -0.1) is 0 Å². The third kappa shape index (κ3) is 8.51. The van der Waals surface area contributed by atoms with E-state index in [0.717, 1.165) is 28.0 Å². The van der Waals surface area contributed by atoms with Crippen molar-refractivity contribution < 1.29 is 24.2 Å². The van der Waals surface area contributed by atoms with Crippen LogP contribution in [0.5, 0.6) is 5.88 Å². The molecule has 0 aliphatic heterocycles. The molecule has 1 aliphatic carbocycles. The van der Waals surface area contributed by atoms with Gasteiger partial charge in [0.1, 0.15) is 29.7 Å². The smallest absolute Gasteiger partial charge is 0.306 e. The van der Waals surface area contributed by atoms with Crippen molar-refractivity contribution in [3.8, 4) is 5.88 Å². The van der Waals surface area contributed by atoms with Crippen LogP contribution in [-0.4, -0.2) is 49.3 Å². The van der Waals surface area contributed by atoms with Gasteiger partial charge < -0.3 is 30.0 Å². The minimum absolute atomic E-state index is 0.0449. The number of nitrogen functional groups attached to an aromatic ring is 1. The number of ether oxygens (including phenoxy) is 2. The Kier molecular flexibility index (Phi) is 10.3. The maximum atomic E-state index is 12.0. The van der Waals surface area contributed by atoms with E-state index in [1.165, 1.54) is 18.4 Å². The van der Waals surface area contributed by atoms with Crippen LogP contribution in [0, 0.1) is 19.3 Å². The summed E-state index contributed by atoms with van der Waals surface area (Å²) in [6.45, 7) is 6.62.